The highest BCUT2D eigenvalue weighted by Gasteiger charge is 2.59. The van der Waals surface area contributed by atoms with Crippen LogP contribution in [0.5, 0.6) is 6.01 Å². The van der Waals surface area contributed by atoms with E-state index in [2.05, 4.69) is 81.7 Å². The number of nitriles is 2. The minimum atomic E-state index is -0.671. The van der Waals surface area contributed by atoms with Crippen molar-refractivity contribution in [2.24, 2.45) is 74.9 Å². The number of nitrogen functional groups attached to an aromatic ring is 3. The van der Waals surface area contributed by atoms with Crippen LogP contribution in [0.1, 0.15) is 246 Å². The first-order valence-corrected chi connectivity index (χ1v) is 37.9. The van der Waals surface area contributed by atoms with Crippen LogP contribution in [0.25, 0.3) is 0 Å². The number of aliphatic hydroxyl groups is 1. The largest absolute Gasteiger partial charge is 0.463 e. The number of anilines is 5. The lowest BCUT2D eigenvalue weighted by molar-refractivity contribution is -0.104. The van der Waals surface area contributed by atoms with Crippen LogP contribution in [-0.2, 0) is 0 Å². The fourth-order valence-electron chi connectivity index (χ4n) is 16.8. The lowest BCUT2D eigenvalue weighted by atomic mass is 9.43. The molecule has 0 spiro atoms. The van der Waals surface area contributed by atoms with Crippen LogP contribution in [-0.4, -0.2) is 139 Å². The van der Waals surface area contributed by atoms with Gasteiger partial charge in [-0.1, -0.05) is 30.9 Å². The van der Waals surface area contributed by atoms with Crippen molar-refractivity contribution in [3.63, 3.8) is 0 Å². The van der Waals surface area contributed by atoms with E-state index in [1.165, 1.54) is 82.4 Å². The molecule has 0 unspecified atom stereocenters. The van der Waals surface area contributed by atoms with Gasteiger partial charge in [0.25, 0.3) is 17.7 Å². The molecular formula is C74H87Cl3N22O8. The number of carbonyl (C=O) groups excluding carboxylic acids is 6. The normalized spacial score (nSPS) is 26.5. The van der Waals surface area contributed by atoms with Crippen LogP contribution in [0.15, 0.2) is 36.8 Å². The molecule has 14 fully saturated rings. The van der Waals surface area contributed by atoms with Gasteiger partial charge in [-0.25, -0.2) is 49.8 Å². The van der Waals surface area contributed by atoms with Crippen molar-refractivity contribution in [2.75, 3.05) is 66.4 Å². The van der Waals surface area contributed by atoms with Crippen LogP contribution >= 0.6 is 34.8 Å². The molecule has 6 aromatic heterocycles. The Morgan fingerprint density at radius 2 is 0.850 bits per heavy atom. The van der Waals surface area contributed by atoms with Gasteiger partial charge in [-0.05, 0) is 172 Å². The van der Waals surface area contributed by atoms with Gasteiger partial charge in [-0.2, -0.15) is 20.5 Å². The molecule has 0 radical (unpaired) electrons. The Bertz CT molecular complexity index is 4450. The van der Waals surface area contributed by atoms with Gasteiger partial charge in [-0.3, -0.25) is 28.8 Å². The van der Waals surface area contributed by atoms with Crippen molar-refractivity contribution >= 4 is 98.6 Å². The molecule has 4 atom stereocenters. The third kappa shape index (κ3) is 17.7. The van der Waals surface area contributed by atoms with Gasteiger partial charge in [0.05, 0.1) is 66.2 Å². The van der Waals surface area contributed by atoms with E-state index in [-0.39, 0.29) is 126 Å². The molecule has 30 nitrogen and oxygen atoms in total. The summed E-state index contributed by atoms with van der Waals surface area (Å²) >= 11 is 17.6. The molecule has 14 aliphatic rings. The minimum absolute atomic E-state index is 0.0261. The van der Waals surface area contributed by atoms with Crippen molar-refractivity contribution in [2.45, 2.75) is 165 Å². The first-order valence-electron chi connectivity index (χ1n) is 36.8. The SMILES string of the molecule is N#C[C@@H]1C[C@@H]1CO.N#C[C@@H]1C[C@@H]1COc1nc(C(=O)CC23CC(C2)C3)cc(N2CCC(c3ncc(N)c(C(N)=O)n3)CC2)n1.NC(=O)c1nc(C2CCCCC2)ncc1N.NC(=O)c1nc(C2CCN(c3cc(C(=O)CC45CC(C4)C5)nc(Cl)n3)CC2)ncc1N.O=C(CC12CC(C1)C2)c1cc(Cl)nc(Cl)n1. The maximum absolute atomic E-state index is 13.2. The number of ether oxygens (including phenoxy) is 1. The summed E-state index contributed by atoms with van der Waals surface area (Å²) in [6.07, 6.45) is 27.1. The summed E-state index contributed by atoms with van der Waals surface area (Å²) in [4.78, 5) is 127. The number of nitrogens with zero attached hydrogens (tertiary/aromatic N) is 16. The predicted octanol–water partition coefficient (Wildman–Crippen LogP) is 9.10. The van der Waals surface area contributed by atoms with Crippen LogP contribution in [0.4, 0.5) is 28.7 Å². The summed E-state index contributed by atoms with van der Waals surface area (Å²) in [5, 5.41) is 25.9. The molecular weight excluding hydrogens is 1430 g/mol. The number of hydrogen-bond donors (Lipinski definition) is 7. The third-order valence-corrected chi connectivity index (χ3v) is 23.9. The molecule has 12 aliphatic carbocycles. The van der Waals surface area contributed by atoms with Crippen molar-refractivity contribution < 1.29 is 38.6 Å². The first-order chi connectivity index (χ1) is 51.3. The number of aliphatic hydroxyl groups excluding tert-OH is 1. The Labute approximate surface area is 633 Å². The minimum Gasteiger partial charge on any atom is -0.463 e. The van der Waals surface area contributed by atoms with E-state index in [0.717, 1.165) is 88.4 Å². The summed E-state index contributed by atoms with van der Waals surface area (Å²) in [7, 11) is 0. The summed E-state index contributed by atoms with van der Waals surface area (Å²) in [6, 6.07) is 9.56. The van der Waals surface area contributed by atoms with Crippen molar-refractivity contribution in [1.29, 1.82) is 10.5 Å². The van der Waals surface area contributed by atoms with Crippen molar-refractivity contribution in [3.05, 3.63) is 104 Å². The fourth-order valence-corrected chi connectivity index (χ4v) is 17.4. The highest BCUT2D eigenvalue weighted by Crippen LogP contribution is 2.68. The summed E-state index contributed by atoms with van der Waals surface area (Å²) in [6.45, 7) is 3.28. The van der Waals surface area contributed by atoms with Crippen molar-refractivity contribution in [1.82, 2.24) is 59.8 Å². The molecule has 12 saturated carbocycles. The van der Waals surface area contributed by atoms with Crippen LogP contribution in [0.2, 0.25) is 15.7 Å². The van der Waals surface area contributed by atoms with Gasteiger partial charge < -0.3 is 54.0 Å². The molecule has 8 heterocycles. The maximum atomic E-state index is 13.2. The average Bonchev–Trinajstić information content (AvgIpc) is 1.51. The molecule has 20 rings (SSSR count). The third-order valence-electron chi connectivity index (χ3n) is 23.4. The van der Waals surface area contributed by atoms with E-state index in [4.69, 9.17) is 89.6 Å². The number of rotatable bonds is 21. The Morgan fingerprint density at radius 3 is 1.20 bits per heavy atom. The zero-order valence-corrected chi connectivity index (χ0v) is 61.6. The molecule has 562 valence electrons. The van der Waals surface area contributed by atoms with E-state index in [1.807, 2.05) is 0 Å². The van der Waals surface area contributed by atoms with E-state index in [9.17, 15) is 28.8 Å². The standard InChI is InChI=1S/C26H30N8O3.C21H24ClN7O2.C11H10Cl2N2O.C11H16N4O.C5H7NO/c27-11-16-5-17(16)13-37-25-31-19(20(35)10-26-7-14(8-26)9-26)6-21(32-25)34-3-1-15(2-4-34)24-30-12-18(28)22(33-24)23(29)36;22-20-26-14(15(30)9-21-6-11(7-21)8-21)5-16(27-20)29-3-1-12(2-4-29)19-25-10-13(23)17(28-19)18(24)31;12-9-1-7(14-10(13)15-9)8(16)5-11-2-6(3-11)4-11;12-8-6-14-11(15-9(8)10(13)16)7-4-2-1-3-5-7;6-2-4-1-5(4)3-7/h6,12,14-17H,1-5,7-10,13,28H2,(H2,29,36);5,10-12H,1-4,6-9,23H2,(H2,24,31);1,6H,2-5H2;6-7H,1-5,12H2,(H2,13,16);4-5,7H,1,3H2/t14?,16-,17+,26?;;;;4-,5+/m0...0/s1. The molecule has 2 saturated heterocycles. The number of Topliss-reactive ketones (excluding diaryl/α,β-unsaturated/α-hetero) is 3. The first kappa shape index (κ1) is 75.7. The highest BCUT2D eigenvalue weighted by atomic mass is 35.5. The van der Waals surface area contributed by atoms with Gasteiger partial charge >= 0.3 is 6.01 Å². The lowest BCUT2D eigenvalue weighted by Crippen LogP contribution is -2.52. The number of piperidine rings is 2. The zero-order chi connectivity index (χ0) is 75.6. The number of nitrogens with two attached hydrogens (primary N) is 6. The summed E-state index contributed by atoms with van der Waals surface area (Å²) < 4.78 is 5.87. The van der Waals surface area contributed by atoms with E-state index >= 15 is 0 Å². The summed E-state index contributed by atoms with van der Waals surface area (Å²) in [5.74, 6) is 5.07. The number of carbonyl (C=O) groups is 6. The number of aromatic nitrogens is 12. The number of halogens is 3. The van der Waals surface area contributed by atoms with Gasteiger partial charge in [0, 0.05) is 93.9 Å². The molecule has 6 aromatic rings. The van der Waals surface area contributed by atoms with Gasteiger partial charge in [0.1, 0.15) is 51.3 Å². The lowest BCUT2D eigenvalue weighted by Gasteiger charge is -2.61. The van der Waals surface area contributed by atoms with E-state index in [0.29, 0.717) is 110 Å². The topological polar surface area (TPSA) is 497 Å². The van der Waals surface area contributed by atoms with E-state index in [1.54, 1.807) is 12.1 Å². The van der Waals surface area contributed by atoms with Gasteiger partial charge in [-0.15, -0.1) is 0 Å². The number of ketones is 3. The van der Waals surface area contributed by atoms with Crippen LogP contribution < -0.4 is 48.9 Å². The van der Waals surface area contributed by atoms with Crippen LogP contribution in [0.3, 0.4) is 0 Å². The van der Waals surface area contributed by atoms with Gasteiger partial charge in [0.15, 0.2) is 34.4 Å². The Morgan fingerprint density at radius 1 is 0.486 bits per heavy atom. The number of hydrogen-bond acceptors (Lipinski definition) is 27. The molecule has 6 bridgehead atoms. The smallest absolute Gasteiger partial charge is 0.319 e. The molecule has 2 aliphatic heterocycles. The molecule has 13 N–H and O–H groups in total. The Kier molecular flexibility index (Phi) is 22.5. The van der Waals surface area contributed by atoms with Crippen molar-refractivity contribution in [3.8, 4) is 18.1 Å². The number of amides is 3. The fraction of sp³-hybridized carbons (Fsp3) is 0.568. The maximum Gasteiger partial charge on any atom is 0.319 e. The average molecular weight is 1520 g/mol. The monoisotopic (exact) mass is 1520 g/mol. The molecule has 0 aromatic carbocycles. The second kappa shape index (κ2) is 31.8. The quantitative estimate of drug-likeness (QED) is 0.0200. The second-order valence-corrected chi connectivity index (χ2v) is 32.4. The predicted molar refractivity (Wildman–Crippen MR) is 393 cm³/mol. The number of primary amides is 3. The molecule has 107 heavy (non-hydrogen) atoms. The van der Waals surface area contributed by atoms with Crippen LogP contribution in [0, 0.1) is 80.3 Å². The zero-order valence-electron chi connectivity index (χ0n) is 59.3. The molecule has 33 heteroatoms. The van der Waals surface area contributed by atoms with Gasteiger partial charge in [0.2, 0.25) is 10.6 Å². The Balaban J connectivity index is 0.000000129. The highest BCUT2D eigenvalue weighted by molar-refractivity contribution is 6.32. The second-order valence-electron chi connectivity index (χ2n) is 31.4. The Hall–Kier alpha value is -9.49. The molecule has 3 amide bonds. The van der Waals surface area contributed by atoms with E-state index < -0.39 is 17.7 Å². The summed E-state index contributed by atoms with van der Waals surface area (Å²) in [5.41, 5.74) is 35.7.